The van der Waals surface area contributed by atoms with Crippen LogP contribution in [0, 0.1) is 19.3 Å². The van der Waals surface area contributed by atoms with E-state index in [1.165, 1.54) is 48.8 Å². The number of hydrogen-bond acceptors (Lipinski definition) is 2. The van der Waals surface area contributed by atoms with Crippen molar-refractivity contribution in [2.24, 2.45) is 5.41 Å². The molecule has 1 N–H and O–H groups in total. The highest BCUT2D eigenvalue weighted by Crippen LogP contribution is 2.48. The van der Waals surface area contributed by atoms with Crippen LogP contribution in [0.15, 0.2) is 12.1 Å². The molecule has 1 aliphatic rings. The normalized spacial score (nSPS) is 19.3. The Morgan fingerprint density at radius 3 is 2.43 bits per heavy atom. The van der Waals surface area contributed by atoms with Gasteiger partial charge in [0.2, 0.25) is 0 Å². The van der Waals surface area contributed by atoms with Crippen LogP contribution in [0.4, 0.5) is 0 Å². The molecule has 1 aliphatic carbocycles. The molecule has 0 radical (unpaired) electrons. The zero-order chi connectivity index (χ0) is 15.5. The maximum Gasteiger partial charge on any atom is 0.126 e. The minimum absolute atomic E-state index is 0.337. The highest BCUT2D eigenvalue weighted by Gasteiger charge is 2.37. The number of aryl methyl sites for hydroxylation is 1. The fourth-order valence-electron chi connectivity index (χ4n) is 3.89. The second-order valence-electron chi connectivity index (χ2n) is 6.84. The van der Waals surface area contributed by atoms with Gasteiger partial charge in [0.25, 0.3) is 0 Å². The second kappa shape index (κ2) is 6.83. The smallest absolute Gasteiger partial charge is 0.126 e. The van der Waals surface area contributed by atoms with E-state index in [2.05, 4.69) is 45.1 Å². The molecule has 2 heteroatoms. The van der Waals surface area contributed by atoms with E-state index in [1.807, 2.05) is 0 Å². The SMILES string of the molecule is CCNC(c1ccc(C)c(C)c1OC)C1(C)CCCCC1. The standard InChI is InChI=1S/C19H31NO/c1-6-20-18(19(4)12-8-7-9-13-19)16-11-10-14(2)15(3)17(16)21-5/h10-11,18,20H,6-9,12-13H2,1-5H3. The third kappa shape index (κ3) is 3.26. The Labute approximate surface area is 130 Å². The lowest BCUT2D eigenvalue weighted by molar-refractivity contribution is 0.143. The van der Waals surface area contributed by atoms with Crippen molar-refractivity contribution in [3.8, 4) is 5.75 Å². The van der Waals surface area contributed by atoms with Gasteiger partial charge >= 0.3 is 0 Å². The minimum atomic E-state index is 0.337. The third-order valence-corrected chi connectivity index (χ3v) is 5.32. The number of methoxy groups -OCH3 is 1. The zero-order valence-corrected chi connectivity index (χ0v) is 14.4. The molecule has 0 heterocycles. The van der Waals surface area contributed by atoms with Gasteiger partial charge in [-0.15, -0.1) is 0 Å². The summed E-state index contributed by atoms with van der Waals surface area (Å²) in [4.78, 5) is 0. The van der Waals surface area contributed by atoms with Crippen LogP contribution >= 0.6 is 0 Å². The predicted octanol–water partition coefficient (Wildman–Crippen LogP) is 4.93. The maximum atomic E-state index is 5.78. The molecule has 1 fully saturated rings. The molecular weight excluding hydrogens is 258 g/mol. The first-order chi connectivity index (χ1) is 10.0. The first-order valence-electron chi connectivity index (χ1n) is 8.41. The zero-order valence-electron chi connectivity index (χ0n) is 14.4. The average Bonchev–Trinajstić information content (AvgIpc) is 2.48. The number of nitrogens with one attached hydrogen (secondary N) is 1. The summed E-state index contributed by atoms with van der Waals surface area (Å²) in [5.74, 6) is 1.08. The highest BCUT2D eigenvalue weighted by atomic mass is 16.5. The van der Waals surface area contributed by atoms with Crippen LogP contribution in [0.5, 0.6) is 5.75 Å². The number of benzene rings is 1. The van der Waals surface area contributed by atoms with Crippen LogP contribution in [-0.4, -0.2) is 13.7 Å². The van der Waals surface area contributed by atoms with Gasteiger partial charge in [-0.25, -0.2) is 0 Å². The molecule has 0 aromatic heterocycles. The fourth-order valence-corrected chi connectivity index (χ4v) is 3.89. The molecule has 1 aromatic carbocycles. The molecule has 21 heavy (non-hydrogen) atoms. The molecule has 1 saturated carbocycles. The predicted molar refractivity (Wildman–Crippen MR) is 90.1 cm³/mol. The summed E-state index contributed by atoms with van der Waals surface area (Å²) in [6, 6.07) is 4.90. The van der Waals surface area contributed by atoms with Crippen LogP contribution in [0.3, 0.4) is 0 Å². The van der Waals surface area contributed by atoms with Crippen molar-refractivity contribution in [2.45, 2.75) is 65.8 Å². The second-order valence-corrected chi connectivity index (χ2v) is 6.84. The maximum absolute atomic E-state index is 5.78. The largest absolute Gasteiger partial charge is 0.496 e. The van der Waals surface area contributed by atoms with Crippen LogP contribution in [0.1, 0.15) is 68.7 Å². The van der Waals surface area contributed by atoms with E-state index in [0.717, 1.165) is 12.3 Å². The lowest BCUT2D eigenvalue weighted by Crippen LogP contribution is -2.38. The lowest BCUT2D eigenvalue weighted by atomic mass is 9.68. The lowest BCUT2D eigenvalue weighted by Gasteiger charge is -2.42. The number of rotatable bonds is 5. The van der Waals surface area contributed by atoms with Gasteiger partial charge in [0, 0.05) is 11.6 Å². The quantitative estimate of drug-likeness (QED) is 0.829. The summed E-state index contributed by atoms with van der Waals surface area (Å²) in [6.45, 7) is 9.98. The molecule has 0 saturated heterocycles. The molecule has 0 amide bonds. The molecule has 0 aliphatic heterocycles. The topological polar surface area (TPSA) is 21.3 Å². The Kier molecular flexibility index (Phi) is 5.32. The number of ether oxygens (including phenoxy) is 1. The van der Waals surface area contributed by atoms with Crippen molar-refractivity contribution in [1.82, 2.24) is 5.32 Å². The van der Waals surface area contributed by atoms with E-state index >= 15 is 0 Å². The van der Waals surface area contributed by atoms with Gasteiger partial charge in [0.1, 0.15) is 5.75 Å². The van der Waals surface area contributed by atoms with Gasteiger partial charge < -0.3 is 10.1 Å². The van der Waals surface area contributed by atoms with Gasteiger partial charge in [0.05, 0.1) is 7.11 Å². The van der Waals surface area contributed by atoms with Crippen LogP contribution in [0.2, 0.25) is 0 Å². The molecule has 1 aromatic rings. The Bertz CT molecular complexity index is 475. The molecule has 118 valence electrons. The average molecular weight is 289 g/mol. The Morgan fingerprint density at radius 2 is 1.86 bits per heavy atom. The van der Waals surface area contributed by atoms with Crippen molar-refractivity contribution in [3.63, 3.8) is 0 Å². The molecule has 1 unspecified atom stereocenters. The van der Waals surface area contributed by atoms with Crippen molar-refractivity contribution in [3.05, 3.63) is 28.8 Å². The van der Waals surface area contributed by atoms with Crippen molar-refractivity contribution < 1.29 is 4.74 Å². The van der Waals surface area contributed by atoms with Crippen LogP contribution in [-0.2, 0) is 0 Å². The van der Waals surface area contributed by atoms with E-state index in [1.54, 1.807) is 7.11 Å². The summed E-state index contributed by atoms with van der Waals surface area (Å²) in [5, 5.41) is 3.75. The van der Waals surface area contributed by atoms with Crippen LogP contribution in [0.25, 0.3) is 0 Å². The van der Waals surface area contributed by atoms with Gasteiger partial charge in [-0.1, -0.05) is 45.2 Å². The first-order valence-corrected chi connectivity index (χ1v) is 8.41. The summed E-state index contributed by atoms with van der Waals surface area (Å²) in [7, 11) is 1.80. The Balaban J connectivity index is 2.45. The minimum Gasteiger partial charge on any atom is -0.496 e. The van der Waals surface area contributed by atoms with Crippen molar-refractivity contribution in [1.29, 1.82) is 0 Å². The molecular formula is C19H31NO. The molecule has 2 rings (SSSR count). The molecule has 0 bridgehead atoms. The summed E-state index contributed by atoms with van der Waals surface area (Å²) < 4.78 is 5.78. The van der Waals surface area contributed by atoms with Gasteiger partial charge in [0.15, 0.2) is 0 Å². The van der Waals surface area contributed by atoms with Crippen molar-refractivity contribution >= 4 is 0 Å². The first kappa shape index (κ1) is 16.4. The number of hydrogen-bond donors (Lipinski definition) is 1. The Hall–Kier alpha value is -1.02. The van der Waals surface area contributed by atoms with Crippen LogP contribution < -0.4 is 10.1 Å². The van der Waals surface area contributed by atoms with E-state index in [0.29, 0.717) is 11.5 Å². The monoisotopic (exact) mass is 289 g/mol. The van der Waals surface area contributed by atoms with Crippen molar-refractivity contribution in [2.75, 3.05) is 13.7 Å². The summed E-state index contributed by atoms with van der Waals surface area (Å²) in [6.07, 6.45) is 6.71. The molecule has 2 nitrogen and oxygen atoms in total. The molecule has 1 atom stereocenters. The van der Waals surface area contributed by atoms with Gasteiger partial charge in [-0.3, -0.25) is 0 Å². The summed E-state index contributed by atoms with van der Waals surface area (Å²) >= 11 is 0. The van der Waals surface area contributed by atoms with E-state index in [9.17, 15) is 0 Å². The molecule has 0 spiro atoms. The highest BCUT2D eigenvalue weighted by molar-refractivity contribution is 5.47. The van der Waals surface area contributed by atoms with Gasteiger partial charge in [-0.2, -0.15) is 0 Å². The third-order valence-electron chi connectivity index (χ3n) is 5.32. The summed E-state index contributed by atoms with van der Waals surface area (Å²) in [5.41, 5.74) is 4.26. The van der Waals surface area contributed by atoms with Gasteiger partial charge in [-0.05, 0) is 49.8 Å². The van der Waals surface area contributed by atoms with E-state index < -0.39 is 0 Å². The van der Waals surface area contributed by atoms with E-state index in [4.69, 9.17) is 4.74 Å². The van der Waals surface area contributed by atoms with E-state index in [-0.39, 0.29) is 0 Å². The fraction of sp³-hybridized carbons (Fsp3) is 0.684. The Morgan fingerprint density at radius 1 is 1.19 bits per heavy atom.